The zero-order valence-electron chi connectivity index (χ0n) is 16.5. The standard InChI is InChI=1S/C23H23BrN2O3S/c1-17(19-12-14-20(24)15-13-19)25-23(27)22(16-18-8-4-2-5-9-18)26-30(28,29)21-10-6-3-7-11-21/h2-15,17,22,26H,16H2,1H3,(H,25,27)/t17-,22+/m1/s1. The van der Waals surface area contributed by atoms with Gasteiger partial charge in [-0.1, -0.05) is 76.6 Å². The molecule has 0 fully saturated rings. The minimum atomic E-state index is -3.85. The Morgan fingerprint density at radius 2 is 1.47 bits per heavy atom. The monoisotopic (exact) mass is 486 g/mol. The minimum absolute atomic E-state index is 0.122. The summed E-state index contributed by atoms with van der Waals surface area (Å²) in [5.41, 5.74) is 1.79. The van der Waals surface area contributed by atoms with Crippen LogP contribution in [0.25, 0.3) is 0 Å². The van der Waals surface area contributed by atoms with Gasteiger partial charge in [0.25, 0.3) is 0 Å². The molecule has 0 saturated heterocycles. The first kappa shape index (κ1) is 22.2. The quantitative estimate of drug-likeness (QED) is 0.500. The average Bonchev–Trinajstić information content (AvgIpc) is 2.75. The lowest BCUT2D eigenvalue weighted by atomic mass is 10.0. The van der Waals surface area contributed by atoms with Crippen LogP contribution in [0.1, 0.15) is 24.1 Å². The SMILES string of the molecule is C[C@@H](NC(=O)[C@H](Cc1ccccc1)NS(=O)(=O)c1ccccc1)c1ccc(Br)cc1. The summed E-state index contributed by atoms with van der Waals surface area (Å²) in [6, 6.07) is 23.8. The van der Waals surface area contributed by atoms with Crippen molar-refractivity contribution in [3.8, 4) is 0 Å². The van der Waals surface area contributed by atoms with Crippen LogP contribution in [0.3, 0.4) is 0 Å². The van der Waals surface area contributed by atoms with Crippen molar-refractivity contribution in [2.45, 2.75) is 30.3 Å². The highest BCUT2D eigenvalue weighted by molar-refractivity contribution is 9.10. The number of sulfonamides is 1. The molecule has 7 heteroatoms. The Hall–Kier alpha value is -2.48. The Balaban J connectivity index is 1.81. The molecule has 0 bridgehead atoms. The van der Waals surface area contributed by atoms with E-state index in [-0.39, 0.29) is 23.3 Å². The van der Waals surface area contributed by atoms with E-state index in [0.29, 0.717) is 0 Å². The van der Waals surface area contributed by atoms with Gasteiger partial charge in [0.2, 0.25) is 15.9 Å². The lowest BCUT2D eigenvalue weighted by molar-refractivity contribution is -0.123. The maximum absolute atomic E-state index is 13.1. The first-order valence-electron chi connectivity index (χ1n) is 9.52. The van der Waals surface area contributed by atoms with Crippen LogP contribution >= 0.6 is 15.9 Å². The summed E-state index contributed by atoms with van der Waals surface area (Å²) >= 11 is 3.40. The van der Waals surface area contributed by atoms with E-state index < -0.39 is 16.1 Å². The van der Waals surface area contributed by atoms with Crippen LogP contribution in [-0.4, -0.2) is 20.4 Å². The van der Waals surface area contributed by atoms with Gasteiger partial charge in [-0.05, 0) is 48.7 Å². The van der Waals surface area contributed by atoms with Gasteiger partial charge in [-0.25, -0.2) is 8.42 Å². The van der Waals surface area contributed by atoms with Gasteiger partial charge in [-0.2, -0.15) is 4.72 Å². The second-order valence-electron chi connectivity index (χ2n) is 6.96. The zero-order valence-corrected chi connectivity index (χ0v) is 18.9. The summed E-state index contributed by atoms with van der Waals surface area (Å²) < 4.78 is 29.2. The molecule has 2 N–H and O–H groups in total. The molecule has 0 aliphatic rings. The molecule has 1 amide bonds. The van der Waals surface area contributed by atoms with Gasteiger partial charge < -0.3 is 5.32 Å². The van der Waals surface area contributed by atoms with Crippen LogP contribution in [0.2, 0.25) is 0 Å². The van der Waals surface area contributed by atoms with Crippen molar-refractivity contribution in [2.24, 2.45) is 0 Å². The number of halogens is 1. The molecule has 0 saturated carbocycles. The smallest absolute Gasteiger partial charge is 0.241 e. The molecule has 3 rings (SSSR count). The predicted molar refractivity (Wildman–Crippen MR) is 121 cm³/mol. The first-order valence-corrected chi connectivity index (χ1v) is 11.8. The van der Waals surface area contributed by atoms with E-state index in [2.05, 4.69) is 26.0 Å². The Kier molecular flexibility index (Phi) is 7.42. The topological polar surface area (TPSA) is 75.3 Å². The second kappa shape index (κ2) is 10.0. The van der Waals surface area contributed by atoms with Crippen molar-refractivity contribution in [3.05, 3.63) is 101 Å². The van der Waals surface area contributed by atoms with Gasteiger partial charge in [-0.15, -0.1) is 0 Å². The predicted octanol–water partition coefficient (Wildman–Crippen LogP) is 4.22. The lowest BCUT2D eigenvalue weighted by Gasteiger charge is -2.22. The number of carbonyl (C=O) groups is 1. The first-order chi connectivity index (χ1) is 14.3. The molecule has 3 aromatic rings. The lowest BCUT2D eigenvalue weighted by Crippen LogP contribution is -2.48. The molecule has 0 unspecified atom stereocenters. The van der Waals surface area contributed by atoms with Gasteiger partial charge in [0.15, 0.2) is 0 Å². The number of hydrogen-bond acceptors (Lipinski definition) is 3. The Morgan fingerprint density at radius 1 is 0.900 bits per heavy atom. The van der Waals surface area contributed by atoms with E-state index in [4.69, 9.17) is 0 Å². The molecular weight excluding hydrogens is 464 g/mol. The van der Waals surface area contributed by atoms with E-state index in [1.165, 1.54) is 12.1 Å². The highest BCUT2D eigenvalue weighted by Crippen LogP contribution is 2.17. The Labute approximate surface area is 185 Å². The summed E-state index contributed by atoms with van der Waals surface area (Å²) in [5.74, 6) is -0.381. The van der Waals surface area contributed by atoms with Gasteiger partial charge in [0.1, 0.15) is 6.04 Å². The fourth-order valence-electron chi connectivity index (χ4n) is 3.04. The molecule has 0 aliphatic heterocycles. The molecule has 0 aromatic heterocycles. The normalized spacial score (nSPS) is 13.4. The van der Waals surface area contributed by atoms with E-state index >= 15 is 0 Å². The summed E-state index contributed by atoms with van der Waals surface area (Å²) in [6.45, 7) is 1.87. The van der Waals surface area contributed by atoms with Gasteiger partial charge >= 0.3 is 0 Å². The van der Waals surface area contributed by atoms with E-state index in [1.807, 2.05) is 61.5 Å². The Morgan fingerprint density at radius 3 is 2.07 bits per heavy atom. The molecule has 156 valence electrons. The molecule has 0 spiro atoms. The van der Waals surface area contributed by atoms with Crippen molar-refractivity contribution in [1.29, 1.82) is 0 Å². The van der Waals surface area contributed by atoms with Crippen LogP contribution in [0.15, 0.2) is 94.3 Å². The van der Waals surface area contributed by atoms with Crippen LogP contribution < -0.4 is 10.0 Å². The zero-order chi connectivity index (χ0) is 21.6. The van der Waals surface area contributed by atoms with Gasteiger partial charge in [-0.3, -0.25) is 4.79 Å². The van der Waals surface area contributed by atoms with Crippen LogP contribution in [0, 0.1) is 0 Å². The van der Waals surface area contributed by atoms with E-state index in [9.17, 15) is 13.2 Å². The largest absolute Gasteiger partial charge is 0.348 e. The minimum Gasteiger partial charge on any atom is -0.348 e. The third kappa shape index (κ3) is 6.01. The fourth-order valence-corrected chi connectivity index (χ4v) is 4.52. The Bertz CT molecular complexity index is 1070. The number of carbonyl (C=O) groups excluding carboxylic acids is 1. The van der Waals surface area contributed by atoms with Crippen molar-refractivity contribution in [3.63, 3.8) is 0 Å². The molecule has 3 aromatic carbocycles. The average molecular weight is 487 g/mol. The molecule has 5 nitrogen and oxygen atoms in total. The second-order valence-corrected chi connectivity index (χ2v) is 9.59. The van der Waals surface area contributed by atoms with Crippen molar-refractivity contribution >= 4 is 31.9 Å². The van der Waals surface area contributed by atoms with Crippen LogP contribution in [0.4, 0.5) is 0 Å². The number of amides is 1. The molecule has 0 heterocycles. The van der Waals surface area contributed by atoms with E-state index in [0.717, 1.165) is 15.6 Å². The number of benzene rings is 3. The molecular formula is C23H23BrN2O3S. The summed E-state index contributed by atoms with van der Waals surface area (Å²) in [6.07, 6.45) is 0.242. The summed E-state index contributed by atoms with van der Waals surface area (Å²) in [5, 5.41) is 2.93. The van der Waals surface area contributed by atoms with Crippen molar-refractivity contribution < 1.29 is 13.2 Å². The maximum Gasteiger partial charge on any atom is 0.241 e. The molecule has 2 atom stereocenters. The highest BCUT2D eigenvalue weighted by atomic mass is 79.9. The van der Waals surface area contributed by atoms with Gasteiger partial charge in [0, 0.05) is 4.47 Å². The van der Waals surface area contributed by atoms with E-state index in [1.54, 1.807) is 18.2 Å². The van der Waals surface area contributed by atoms with Crippen LogP contribution in [0.5, 0.6) is 0 Å². The van der Waals surface area contributed by atoms with Crippen LogP contribution in [-0.2, 0) is 21.2 Å². The van der Waals surface area contributed by atoms with Crippen molar-refractivity contribution in [1.82, 2.24) is 10.0 Å². The number of hydrogen-bond donors (Lipinski definition) is 2. The third-order valence-electron chi connectivity index (χ3n) is 4.68. The summed E-state index contributed by atoms with van der Waals surface area (Å²) in [7, 11) is -3.85. The molecule has 30 heavy (non-hydrogen) atoms. The third-order valence-corrected chi connectivity index (χ3v) is 6.70. The molecule has 0 aliphatic carbocycles. The fraction of sp³-hybridized carbons (Fsp3) is 0.174. The summed E-state index contributed by atoms with van der Waals surface area (Å²) in [4.78, 5) is 13.2. The highest BCUT2D eigenvalue weighted by Gasteiger charge is 2.27. The number of nitrogens with one attached hydrogen (secondary N) is 2. The number of rotatable bonds is 8. The van der Waals surface area contributed by atoms with Crippen molar-refractivity contribution in [2.75, 3.05) is 0 Å². The molecule has 0 radical (unpaired) electrons. The maximum atomic E-state index is 13.1. The van der Waals surface area contributed by atoms with Gasteiger partial charge in [0.05, 0.1) is 10.9 Å².